The van der Waals surface area contributed by atoms with Crippen LogP contribution in [0, 0.1) is 6.92 Å². The second-order valence-electron chi connectivity index (χ2n) is 7.16. The molecule has 0 spiro atoms. The molecule has 33 heavy (non-hydrogen) atoms. The van der Waals surface area contributed by atoms with Gasteiger partial charge in [0.15, 0.2) is 28.8 Å². The van der Waals surface area contributed by atoms with Gasteiger partial charge < -0.3 is 33.8 Å². The molecular weight excluding hydrogens is 428 g/mol. The lowest BCUT2D eigenvalue weighted by atomic mass is 10.1. The van der Waals surface area contributed by atoms with E-state index in [1.165, 1.54) is 26.4 Å². The van der Waals surface area contributed by atoms with Gasteiger partial charge in [0.2, 0.25) is 11.2 Å². The maximum atomic E-state index is 12.2. The summed E-state index contributed by atoms with van der Waals surface area (Å²) in [4.78, 5) is 20.1. The zero-order valence-electron chi connectivity index (χ0n) is 18.4. The SMILES string of the molecule is COc1cc(-c2nc(-c3ccc(OC)c(OC)c3)[nH]c2-c2oc(C)cc(=O)c2O)ccc1O. The van der Waals surface area contributed by atoms with Crippen molar-refractivity contribution in [2.24, 2.45) is 0 Å². The summed E-state index contributed by atoms with van der Waals surface area (Å²) in [5.74, 6) is 1.41. The molecule has 0 aliphatic carbocycles. The van der Waals surface area contributed by atoms with E-state index in [1.54, 1.807) is 44.4 Å². The molecule has 0 amide bonds. The number of nitrogens with one attached hydrogen (secondary N) is 1. The first-order valence-electron chi connectivity index (χ1n) is 9.90. The van der Waals surface area contributed by atoms with Gasteiger partial charge in [-0.25, -0.2) is 4.98 Å². The predicted molar refractivity (Wildman–Crippen MR) is 121 cm³/mol. The van der Waals surface area contributed by atoms with Crippen molar-refractivity contribution in [3.05, 3.63) is 58.4 Å². The monoisotopic (exact) mass is 450 g/mol. The van der Waals surface area contributed by atoms with E-state index in [0.717, 1.165) is 0 Å². The molecule has 0 atom stereocenters. The third-order valence-electron chi connectivity index (χ3n) is 5.09. The highest BCUT2D eigenvalue weighted by Crippen LogP contribution is 2.40. The lowest BCUT2D eigenvalue weighted by Crippen LogP contribution is -2.01. The Kier molecular flexibility index (Phi) is 5.70. The normalized spacial score (nSPS) is 10.8. The number of hydrogen-bond acceptors (Lipinski definition) is 8. The van der Waals surface area contributed by atoms with E-state index in [1.807, 2.05) is 0 Å². The van der Waals surface area contributed by atoms with Gasteiger partial charge in [-0.15, -0.1) is 0 Å². The fraction of sp³-hybridized carbons (Fsp3) is 0.167. The number of ether oxygens (including phenoxy) is 3. The first-order valence-corrected chi connectivity index (χ1v) is 9.90. The topological polar surface area (TPSA) is 127 Å². The Bertz CT molecular complexity index is 1390. The standard InChI is InChI=1S/C24H22N2O7/c1-12-9-16(28)22(29)23(33-12)21-20(13-5-7-15(27)18(10-13)31-3)25-24(26-21)14-6-8-17(30-2)19(11-14)32-4/h5-11,27,29H,1-4H3,(H,25,26). The molecule has 2 aromatic heterocycles. The first-order chi connectivity index (χ1) is 15.9. The quantitative estimate of drug-likeness (QED) is 0.401. The number of aromatic hydroxyl groups is 2. The van der Waals surface area contributed by atoms with Crippen LogP contribution in [0.3, 0.4) is 0 Å². The molecule has 0 aliphatic rings. The van der Waals surface area contributed by atoms with Gasteiger partial charge in [-0.05, 0) is 43.3 Å². The fourth-order valence-corrected chi connectivity index (χ4v) is 3.46. The van der Waals surface area contributed by atoms with Gasteiger partial charge in [0.25, 0.3) is 0 Å². The van der Waals surface area contributed by atoms with Gasteiger partial charge in [0.1, 0.15) is 23.0 Å². The molecular formula is C24H22N2O7. The molecule has 2 heterocycles. The molecule has 0 radical (unpaired) electrons. The molecule has 9 nitrogen and oxygen atoms in total. The van der Waals surface area contributed by atoms with Gasteiger partial charge in [0, 0.05) is 17.2 Å². The van der Waals surface area contributed by atoms with Crippen molar-refractivity contribution in [1.29, 1.82) is 0 Å². The minimum atomic E-state index is -0.578. The summed E-state index contributed by atoms with van der Waals surface area (Å²) in [6, 6.07) is 11.2. The van der Waals surface area contributed by atoms with Crippen molar-refractivity contribution >= 4 is 0 Å². The van der Waals surface area contributed by atoms with Crippen LogP contribution in [0.5, 0.6) is 28.7 Å². The third kappa shape index (κ3) is 3.96. The van der Waals surface area contributed by atoms with Gasteiger partial charge in [-0.1, -0.05) is 0 Å². The number of imidazole rings is 1. The number of rotatable bonds is 6. The van der Waals surface area contributed by atoms with Crippen molar-refractivity contribution in [1.82, 2.24) is 9.97 Å². The van der Waals surface area contributed by atoms with E-state index >= 15 is 0 Å². The second kappa shape index (κ2) is 8.62. The summed E-state index contributed by atoms with van der Waals surface area (Å²) in [6.45, 7) is 1.61. The van der Waals surface area contributed by atoms with Crippen molar-refractivity contribution in [2.45, 2.75) is 6.92 Å². The molecule has 0 saturated heterocycles. The Labute approximate surface area is 188 Å². The summed E-state index contributed by atoms with van der Waals surface area (Å²) in [5, 5.41) is 20.5. The Morgan fingerprint density at radius 1 is 0.879 bits per heavy atom. The van der Waals surface area contributed by atoms with Crippen LogP contribution >= 0.6 is 0 Å². The first kappa shape index (κ1) is 21.8. The number of nitrogens with zero attached hydrogens (tertiary/aromatic N) is 1. The minimum absolute atomic E-state index is 0.0385. The lowest BCUT2D eigenvalue weighted by Gasteiger charge is -2.08. The highest BCUT2D eigenvalue weighted by molar-refractivity contribution is 5.82. The van der Waals surface area contributed by atoms with Gasteiger partial charge in [-0.2, -0.15) is 0 Å². The van der Waals surface area contributed by atoms with Crippen molar-refractivity contribution in [3.63, 3.8) is 0 Å². The molecule has 0 unspecified atom stereocenters. The number of aryl methyl sites for hydroxylation is 1. The Morgan fingerprint density at radius 2 is 1.55 bits per heavy atom. The van der Waals surface area contributed by atoms with E-state index in [4.69, 9.17) is 23.6 Å². The molecule has 9 heteroatoms. The number of phenolic OH excluding ortho intramolecular Hbond substituents is 1. The van der Waals surface area contributed by atoms with Gasteiger partial charge in [0.05, 0.1) is 21.3 Å². The maximum absolute atomic E-state index is 12.2. The van der Waals surface area contributed by atoms with E-state index in [9.17, 15) is 15.0 Å². The Hall–Kier alpha value is -4.40. The van der Waals surface area contributed by atoms with Crippen molar-refractivity contribution in [2.75, 3.05) is 21.3 Å². The second-order valence-corrected chi connectivity index (χ2v) is 7.16. The Balaban J connectivity index is 1.98. The highest BCUT2D eigenvalue weighted by Gasteiger charge is 2.23. The van der Waals surface area contributed by atoms with E-state index in [0.29, 0.717) is 39.9 Å². The van der Waals surface area contributed by atoms with Gasteiger partial charge in [-0.3, -0.25) is 4.79 Å². The molecule has 4 rings (SSSR count). The summed E-state index contributed by atoms with van der Waals surface area (Å²) < 4.78 is 21.6. The van der Waals surface area contributed by atoms with Crippen LogP contribution in [-0.4, -0.2) is 41.5 Å². The molecule has 0 saturated carbocycles. The molecule has 2 aromatic carbocycles. The van der Waals surface area contributed by atoms with E-state index in [-0.39, 0.29) is 23.0 Å². The molecule has 0 aliphatic heterocycles. The molecule has 170 valence electrons. The summed E-state index contributed by atoms with van der Waals surface area (Å²) >= 11 is 0. The maximum Gasteiger partial charge on any atom is 0.227 e. The van der Waals surface area contributed by atoms with Crippen LogP contribution in [0.25, 0.3) is 34.1 Å². The molecule has 0 bridgehead atoms. The summed E-state index contributed by atoms with van der Waals surface area (Å²) in [5.41, 5.74) is 1.31. The number of aromatic amines is 1. The number of hydrogen-bond donors (Lipinski definition) is 3. The minimum Gasteiger partial charge on any atom is -0.504 e. The molecule has 0 fully saturated rings. The number of aromatic nitrogens is 2. The summed E-state index contributed by atoms with van der Waals surface area (Å²) in [7, 11) is 4.51. The number of benzene rings is 2. The van der Waals surface area contributed by atoms with Crippen LogP contribution in [0.1, 0.15) is 5.76 Å². The average Bonchev–Trinajstić information content (AvgIpc) is 3.26. The smallest absolute Gasteiger partial charge is 0.227 e. The van der Waals surface area contributed by atoms with Crippen LogP contribution in [0.4, 0.5) is 0 Å². The van der Waals surface area contributed by atoms with Crippen LogP contribution < -0.4 is 19.6 Å². The number of phenols is 1. The third-order valence-corrected chi connectivity index (χ3v) is 5.09. The lowest BCUT2D eigenvalue weighted by molar-refractivity contribution is 0.355. The molecule has 3 N–H and O–H groups in total. The highest BCUT2D eigenvalue weighted by atomic mass is 16.5. The number of H-pyrrole nitrogens is 1. The van der Waals surface area contributed by atoms with Crippen LogP contribution in [0.2, 0.25) is 0 Å². The largest absolute Gasteiger partial charge is 0.504 e. The predicted octanol–water partition coefficient (Wildman–Crippen LogP) is 4.11. The van der Waals surface area contributed by atoms with Crippen LogP contribution in [-0.2, 0) is 0 Å². The fourth-order valence-electron chi connectivity index (χ4n) is 3.46. The zero-order valence-corrected chi connectivity index (χ0v) is 18.4. The van der Waals surface area contributed by atoms with Gasteiger partial charge >= 0.3 is 0 Å². The average molecular weight is 450 g/mol. The zero-order chi connectivity index (χ0) is 23.7. The molecule has 4 aromatic rings. The van der Waals surface area contributed by atoms with E-state index < -0.39 is 11.2 Å². The number of methoxy groups -OCH3 is 3. The van der Waals surface area contributed by atoms with E-state index in [2.05, 4.69) is 4.98 Å². The van der Waals surface area contributed by atoms with Crippen molar-refractivity contribution < 1.29 is 28.8 Å². The summed E-state index contributed by atoms with van der Waals surface area (Å²) in [6.07, 6.45) is 0. The Morgan fingerprint density at radius 3 is 2.24 bits per heavy atom. The van der Waals surface area contributed by atoms with Crippen molar-refractivity contribution in [3.8, 4) is 62.8 Å². The van der Waals surface area contributed by atoms with Crippen LogP contribution in [0.15, 0.2) is 51.7 Å².